The van der Waals surface area contributed by atoms with Gasteiger partial charge in [-0.15, -0.1) is 0 Å². The van der Waals surface area contributed by atoms with E-state index >= 15 is 0 Å². The van der Waals surface area contributed by atoms with Crippen LogP contribution in [0, 0.1) is 5.82 Å². The Kier molecular flexibility index (Phi) is 3.79. The maximum atomic E-state index is 13.0. The second kappa shape index (κ2) is 5.89. The summed E-state index contributed by atoms with van der Waals surface area (Å²) < 4.78 is 13.0. The highest BCUT2D eigenvalue weighted by Crippen LogP contribution is 2.25. The predicted molar refractivity (Wildman–Crippen MR) is 83.6 cm³/mol. The van der Waals surface area contributed by atoms with Crippen LogP contribution in [0.2, 0.25) is 0 Å². The lowest BCUT2D eigenvalue weighted by Gasteiger charge is -2.20. The van der Waals surface area contributed by atoms with Crippen molar-refractivity contribution in [3.8, 4) is 0 Å². The van der Waals surface area contributed by atoms with E-state index in [9.17, 15) is 4.39 Å². The number of anilines is 1. The summed E-state index contributed by atoms with van der Waals surface area (Å²) in [4.78, 5) is 4.45. The van der Waals surface area contributed by atoms with E-state index in [1.807, 2.05) is 30.3 Å². The number of nitrogens with one attached hydrogen (secondary N) is 1. The Labute approximate surface area is 122 Å². The zero-order valence-corrected chi connectivity index (χ0v) is 11.5. The lowest BCUT2D eigenvalue weighted by Crippen LogP contribution is -2.21. The van der Waals surface area contributed by atoms with Crippen LogP contribution in [-0.4, -0.2) is 11.5 Å². The number of benzene rings is 2. The highest BCUT2D eigenvalue weighted by Gasteiger charge is 2.13. The average Bonchev–Trinajstić information content (AvgIpc) is 2.54. The summed E-state index contributed by atoms with van der Waals surface area (Å²) in [5, 5.41) is 4.41. The summed E-state index contributed by atoms with van der Waals surface area (Å²) in [6, 6.07) is 16.2. The first-order valence-electron chi connectivity index (χ1n) is 6.84. The molecule has 2 aromatic carbocycles. The molecule has 3 aromatic rings. The molecule has 0 saturated heterocycles. The van der Waals surface area contributed by atoms with Crippen molar-refractivity contribution in [2.75, 3.05) is 11.9 Å². The Hall–Kier alpha value is -2.46. The van der Waals surface area contributed by atoms with Crippen LogP contribution < -0.4 is 11.1 Å². The molecular formula is C17H16FN3. The zero-order chi connectivity index (χ0) is 14.7. The van der Waals surface area contributed by atoms with Crippen LogP contribution >= 0.6 is 0 Å². The number of fused-ring (bicyclic) bond motifs is 1. The first-order chi connectivity index (χ1) is 10.3. The first kappa shape index (κ1) is 13.5. The number of para-hydroxylation sites is 1. The van der Waals surface area contributed by atoms with Crippen molar-refractivity contribution in [3.05, 3.63) is 72.2 Å². The summed E-state index contributed by atoms with van der Waals surface area (Å²) in [6.07, 6.45) is 1.78. The standard InChI is InChI=1S/C17H16FN3/c18-13-6-8-14(9-7-13)21-16(11-19)15-5-1-3-12-4-2-10-20-17(12)15/h1-10,16,21H,11,19H2. The van der Waals surface area contributed by atoms with Gasteiger partial charge in [-0.3, -0.25) is 4.98 Å². The van der Waals surface area contributed by atoms with Gasteiger partial charge in [-0.25, -0.2) is 4.39 Å². The third kappa shape index (κ3) is 2.85. The van der Waals surface area contributed by atoms with Crippen molar-refractivity contribution in [1.29, 1.82) is 0 Å². The van der Waals surface area contributed by atoms with E-state index in [0.717, 1.165) is 22.2 Å². The van der Waals surface area contributed by atoms with E-state index in [-0.39, 0.29) is 11.9 Å². The molecule has 0 amide bonds. The third-order valence-electron chi connectivity index (χ3n) is 3.46. The van der Waals surface area contributed by atoms with Gasteiger partial charge in [0.1, 0.15) is 5.82 Å². The Bertz CT molecular complexity index is 735. The lowest BCUT2D eigenvalue weighted by molar-refractivity contribution is 0.628. The maximum absolute atomic E-state index is 13.0. The molecule has 0 aliphatic carbocycles. The molecule has 3 rings (SSSR count). The fraction of sp³-hybridized carbons (Fsp3) is 0.118. The van der Waals surface area contributed by atoms with Crippen LogP contribution in [0.4, 0.5) is 10.1 Å². The van der Waals surface area contributed by atoms with Crippen LogP contribution in [0.15, 0.2) is 60.8 Å². The van der Waals surface area contributed by atoms with E-state index in [1.165, 1.54) is 12.1 Å². The molecule has 1 aromatic heterocycles. The van der Waals surface area contributed by atoms with Gasteiger partial charge in [-0.2, -0.15) is 0 Å². The Morgan fingerprint density at radius 2 is 1.81 bits per heavy atom. The number of halogens is 1. The number of pyridine rings is 1. The molecule has 106 valence electrons. The predicted octanol–water partition coefficient (Wildman–Crippen LogP) is 3.49. The van der Waals surface area contributed by atoms with Gasteiger partial charge in [-0.05, 0) is 30.3 Å². The van der Waals surface area contributed by atoms with Crippen LogP contribution in [-0.2, 0) is 0 Å². The molecule has 21 heavy (non-hydrogen) atoms. The molecule has 1 heterocycles. The largest absolute Gasteiger partial charge is 0.377 e. The average molecular weight is 281 g/mol. The smallest absolute Gasteiger partial charge is 0.123 e. The quantitative estimate of drug-likeness (QED) is 0.769. The normalized spacial score (nSPS) is 12.3. The van der Waals surface area contributed by atoms with Crippen molar-refractivity contribution in [2.45, 2.75) is 6.04 Å². The van der Waals surface area contributed by atoms with E-state index in [2.05, 4.69) is 10.3 Å². The van der Waals surface area contributed by atoms with E-state index in [1.54, 1.807) is 18.3 Å². The highest BCUT2D eigenvalue weighted by atomic mass is 19.1. The van der Waals surface area contributed by atoms with Crippen LogP contribution in [0.1, 0.15) is 11.6 Å². The first-order valence-corrected chi connectivity index (χ1v) is 6.84. The highest BCUT2D eigenvalue weighted by molar-refractivity contribution is 5.82. The van der Waals surface area contributed by atoms with Gasteiger partial charge < -0.3 is 11.1 Å². The summed E-state index contributed by atoms with van der Waals surface area (Å²) in [5.41, 5.74) is 8.72. The number of hydrogen-bond acceptors (Lipinski definition) is 3. The summed E-state index contributed by atoms with van der Waals surface area (Å²) >= 11 is 0. The minimum atomic E-state index is -0.253. The molecule has 1 atom stereocenters. The zero-order valence-electron chi connectivity index (χ0n) is 11.5. The number of nitrogens with zero attached hydrogens (tertiary/aromatic N) is 1. The second-order valence-corrected chi connectivity index (χ2v) is 4.86. The molecule has 0 spiro atoms. The second-order valence-electron chi connectivity index (χ2n) is 4.86. The van der Waals surface area contributed by atoms with Crippen LogP contribution in [0.3, 0.4) is 0 Å². The molecule has 0 radical (unpaired) electrons. The van der Waals surface area contributed by atoms with Gasteiger partial charge in [-0.1, -0.05) is 24.3 Å². The monoisotopic (exact) mass is 281 g/mol. The van der Waals surface area contributed by atoms with Gasteiger partial charge in [0.2, 0.25) is 0 Å². The number of hydrogen-bond donors (Lipinski definition) is 2. The summed E-state index contributed by atoms with van der Waals surface area (Å²) in [5.74, 6) is -0.253. The fourth-order valence-electron chi connectivity index (χ4n) is 2.42. The van der Waals surface area contributed by atoms with Gasteiger partial charge >= 0.3 is 0 Å². The molecule has 1 unspecified atom stereocenters. The minimum absolute atomic E-state index is 0.0749. The molecule has 3 N–H and O–H groups in total. The molecule has 0 saturated carbocycles. The van der Waals surface area contributed by atoms with Crippen molar-refractivity contribution in [2.24, 2.45) is 5.73 Å². The third-order valence-corrected chi connectivity index (χ3v) is 3.46. The number of rotatable bonds is 4. The van der Waals surface area contributed by atoms with E-state index in [0.29, 0.717) is 6.54 Å². The van der Waals surface area contributed by atoms with Crippen molar-refractivity contribution >= 4 is 16.6 Å². The van der Waals surface area contributed by atoms with Gasteiger partial charge in [0.05, 0.1) is 11.6 Å². The minimum Gasteiger partial charge on any atom is -0.377 e. The summed E-state index contributed by atoms with van der Waals surface area (Å²) in [7, 11) is 0. The number of nitrogens with two attached hydrogens (primary N) is 1. The van der Waals surface area contributed by atoms with Gasteiger partial charge in [0, 0.05) is 29.4 Å². The molecule has 3 nitrogen and oxygen atoms in total. The lowest BCUT2D eigenvalue weighted by atomic mass is 10.0. The van der Waals surface area contributed by atoms with E-state index < -0.39 is 0 Å². The van der Waals surface area contributed by atoms with Gasteiger partial charge in [0.15, 0.2) is 0 Å². The van der Waals surface area contributed by atoms with Crippen LogP contribution in [0.5, 0.6) is 0 Å². The SMILES string of the molecule is NCC(Nc1ccc(F)cc1)c1cccc2cccnc12. The number of aromatic nitrogens is 1. The van der Waals surface area contributed by atoms with Gasteiger partial charge in [0.25, 0.3) is 0 Å². The van der Waals surface area contributed by atoms with E-state index in [4.69, 9.17) is 5.73 Å². The van der Waals surface area contributed by atoms with Crippen LogP contribution in [0.25, 0.3) is 10.9 Å². The van der Waals surface area contributed by atoms with Crippen molar-refractivity contribution in [3.63, 3.8) is 0 Å². The molecule has 0 aliphatic rings. The molecule has 0 aliphatic heterocycles. The maximum Gasteiger partial charge on any atom is 0.123 e. The Balaban J connectivity index is 1.96. The topological polar surface area (TPSA) is 50.9 Å². The molecule has 4 heteroatoms. The fourth-order valence-corrected chi connectivity index (χ4v) is 2.42. The Morgan fingerprint density at radius 3 is 2.57 bits per heavy atom. The molecule has 0 fully saturated rings. The van der Waals surface area contributed by atoms with Crippen molar-refractivity contribution in [1.82, 2.24) is 4.98 Å². The molecule has 0 bridgehead atoms. The Morgan fingerprint density at radius 1 is 1.05 bits per heavy atom. The summed E-state index contributed by atoms with van der Waals surface area (Å²) in [6.45, 7) is 0.424. The van der Waals surface area contributed by atoms with Crippen molar-refractivity contribution < 1.29 is 4.39 Å². The molecular weight excluding hydrogens is 265 g/mol.